The summed E-state index contributed by atoms with van der Waals surface area (Å²) in [5, 5.41) is 7.06. The number of Topliss-reactive ketones (excluding diaryl/α,β-unsaturated/α-hetero) is 1. The van der Waals surface area contributed by atoms with Gasteiger partial charge in [-0.1, -0.05) is 34.1 Å². The number of hydrogen-bond donors (Lipinski definition) is 1. The third-order valence-corrected chi connectivity index (χ3v) is 4.41. The SMILES string of the molecule is CC(C)CCC(=O)c1oc(OCC(C)C)n[n+]1C(=O)NC1CCCCC1. The summed E-state index contributed by atoms with van der Waals surface area (Å²) in [5.74, 6) is 0.386. The summed E-state index contributed by atoms with van der Waals surface area (Å²) in [4.78, 5) is 25.2. The van der Waals surface area contributed by atoms with Crippen LogP contribution in [-0.2, 0) is 0 Å². The van der Waals surface area contributed by atoms with Gasteiger partial charge in [0.2, 0.25) is 5.78 Å². The average Bonchev–Trinajstić information content (AvgIpc) is 3.03. The maximum absolute atomic E-state index is 12.6. The van der Waals surface area contributed by atoms with Gasteiger partial charge in [0.1, 0.15) is 0 Å². The van der Waals surface area contributed by atoms with Crippen molar-refractivity contribution in [1.82, 2.24) is 10.4 Å². The molecule has 0 unspecified atom stereocenters. The summed E-state index contributed by atoms with van der Waals surface area (Å²) >= 11 is 0. The molecule has 0 spiro atoms. The van der Waals surface area contributed by atoms with Gasteiger partial charge < -0.3 is 9.15 Å². The lowest BCUT2D eigenvalue weighted by Crippen LogP contribution is -2.57. The Morgan fingerprint density at radius 1 is 1.19 bits per heavy atom. The number of hydrogen-bond acceptors (Lipinski definition) is 5. The van der Waals surface area contributed by atoms with Crippen LogP contribution in [0.15, 0.2) is 4.42 Å². The summed E-state index contributed by atoms with van der Waals surface area (Å²) in [6.07, 6.45) is 6.34. The Labute approximate surface area is 155 Å². The molecule has 146 valence electrons. The number of rotatable bonds is 8. The molecule has 0 aromatic carbocycles. The van der Waals surface area contributed by atoms with E-state index >= 15 is 0 Å². The zero-order chi connectivity index (χ0) is 19.1. The van der Waals surface area contributed by atoms with Crippen LogP contribution in [0.25, 0.3) is 0 Å². The Hall–Kier alpha value is -1.92. The van der Waals surface area contributed by atoms with Crippen molar-refractivity contribution in [2.24, 2.45) is 11.8 Å². The van der Waals surface area contributed by atoms with E-state index in [4.69, 9.17) is 9.15 Å². The quantitative estimate of drug-likeness (QED) is 0.562. The van der Waals surface area contributed by atoms with Crippen molar-refractivity contribution in [3.05, 3.63) is 5.89 Å². The summed E-state index contributed by atoms with van der Waals surface area (Å²) in [6.45, 7) is 8.51. The molecule has 0 aliphatic heterocycles. The number of amides is 1. The minimum Gasteiger partial charge on any atom is -0.448 e. The van der Waals surface area contributed by atoms with Gasteiger partial charge in [-0.05, 0) is 48.6 Å². The highest BCUT2D eigenvalue weighted by Gasteiger charge is 2.34. The maximum atomic E-state index is 12.6. The highest BCUT2D eigenvalue weighted by molar-refractivity contribution is 5.91. The summed E-state index contributed by atoms with van der Waals surface area (Å²) in [5.41, 5.74) is 0. The molecule has 1 aliphatic rings. The Bertz CT molecular complexity index is 604. The van der Waals surface area contributed by atoms with Crippen LogP contribution >= 0.6 is 0 Å². The van der Waals surface area contributed by atoms with E-state index in [2.05, 4.69) is 24.3 Å². The minimum atomic E-state index is -0.423. The first kappa shape index (κ1) is 20.4. The number of nitrogens with one attached hydrogen (secondary N) is 1. The Kier molecular flexibility index (Phi) is 7.60. The van der Waals surface area contributed by atoms with Gasteiger partial charge >= 0.3 is 18.0 Å². The summed E-state index contributed by atoms with van der Waals surface area (Å²) in [7, 11) is 0. The second kappa shape index (κ2) is 9.69. The van der Waals surface area contributed by atoms with Crippen molar-refractivity contribution in [2.45, 2.75) is 78.7 Å². The van der Waals surface area contributed by atoms with Gasteiger partial charge in [0.05, 0.1) is 12.6 Å². The molecule has 1 fully saturated rings. The lowest BCUT2D eigenvalue weighted by molar-refractivity contribution is -0.639. The van der Waals surface area contributed by atoms with E-state index in [1.807, 2.05) is 13.8 Å². The van der Waals surface area contributed by atoms with Crippen LogP contribution in [0.3, 0.4) is 0 Å². The molecule has 1 heterocycles. The number of aromatic nitrogens is 2. The van der Waals surface area contributed by atoms with Gasteiger partial charge in [-0.25, -0.2) is 5.32 Å². The second-order valence-electron chi connectivity index (χ2n) is 7.93. The highest BCUT2D eigenvalue weighted by Crippen LogP contribution is 2.17. The molecule has 1 aliphatic carbocycles. The van der Waals surface area contributed by atoms with Gasteiger partial charge in [0.15, 0.2) is 0 Å². The van der Waals surface area contributed by atoms with Crippen LogP contribution in [0, 0.1) is 11.8 Å². The summed E-state index contributed by atoms with van der Waals surface area (Å²) < 4.78 is 12.0. The van der Waals surface area contributed by atoms with Crippen LogP contribution in [0.2, 0.25) is 0 Å². The fourth-order valence-electron chi connectivity index (χ4n) is 2.89. The Balaban J connectivity index is 2.14. The predicted molar refractivity (Wildman–Crippen MR) is 96.2 cm³/mol. The second-order valence-corrected chi connectivity index (χ2v) is 7.93. The van der Waals surface area contributed by atoms with Gasteiger partial charge in [0, 0.05) is 11.5 Å². The molecule has 0 atom stereocenters. The molecule has 1 aromatic heterocycles. The lowest BCUT2D eigenvalue weighted by Gasteiger charge is -2.17. The summed E-state index contributed by atoms with van der Waals surface area (Å²) in [6, 6.07) is -0.299. The smallest absolute Gasteiger partial charge is 0.448 e. The van der Waals surface area contributed by atoms with E-state index in [9.17, 15) is 9.59 Å². The van der Waals surface area contributed by atoms with Crippen molar-refractivity contribution in [3.8, 4) is 6.08 Å². The van der Waals surface area contributed by atoms with Crippen molar-refractivity contribution in [3.63, 3.8) is 0 Å². The standard InChI is InChI=1S/C19H31N3O4/c1-13(2)10-11-16(23)17-22(21-19(26-17)25-12-14(3)4)18(24)20-15-8-6-5-7-9-15/h13-15H,5-12H2,1-4H3/p+1. The average molecular weight is 366 g/mol. The molecule has 1 aromatic rings. The fraction of sp³-hybridized carbons (Fsp3) is 0.789. The first-order chi connectivity index (χ1) is 12.4. The molecule has 26 heavy (non-hydrogen) atoms. The largest absolute Gasteiger partial charge is 0.520 e. The number of ketones is 1. The topological polar surface area (TPSA) is 85.3 Å². The van der Waals surface area contributed by atoms with Crippen molar-refractivity contribution < 1.29 is 23.4 Å². The van der Waals surface area contributed by atoms with Gasteiger partial charge in [-0.3, -0.25) is 4.79 Å². The molecule has 1 N–H and O–H groups in total. The molecule has 2 rings (SSSR count). The molecule has 7 nitrogen and oxygen atoms in total. The molecule has 7 heteroatoms. The minimum absolute atomic E-state index is 0.0367. The van der Waals surface area contributed by atoms with Gasteiger partial charge in [-0.15, -0.1) is 0 Å². The molecular formula is C19H32N3O4+. The van der Waals surface area contributed by atoms with Crippen LogP contribution < -0.4 is 14.7 Å². The molecular weight excluding hydrogens is 334 g/mol. The molecule has 0 bridgehead atoms. The Morgan fingerprint density at radius 2 is 1.88 bits per heavy atom. The van der Waals surface area contributed by atoms with E-state index < -0.39 is 6.03 Å². The number of nitrogens with zero attached hydrogens (tertiary/aromatic N) is 2. The number of carbonyl (C=O) groups is 2. The Morgan fingerprint density at radius 3 is 2.50 bits per heavy atom. The van der Waals surface area contributed by atoms with E-state index in [0.29, 0.717) is 18.9 Å². The van der Waals surface area contributed by atoms with E-state index in [1.54, 1.807) is 0 Å². The molecule has 0 radical (unpaired) electrons. The van der Waals surface area contributed by atoms with Crippen LogP contribution in [0.5, 0.6) is 6.08 Å². The zero-order valence-corrected chi connectivity index (χ0v) is 16.4. The van der Waals surface area contributed by atoms with E-state index in [-0.39, 0.29) is 29.7 Å². The first-order valence-electron chi connectivity index (χ1n) is 9.76. The predicted octanol–water partition coefficient (Wildman–Crippen LogP) is 3.51. The van der Waals surface area contributed by atoms with E-state index in [0.717, 1.165) is 36.8 Å². The number of carbonyl (C=O) groups excluding carboxylic acids is 2. The van der Waals surface area contributed by atoms with Crippen molar-refractivity contribution >= 4 is 11.8 Å². The highest BCUT2D eigenvalue weighted by atomic mass is 16.6. The van der Waals surface area contributed by atoms with Crippen LogP contribution in [0.4, 0.5) is 4.79 Å². The van der Waals surface area contributed by atoms with E-state index in [1.165, 1.54) is 6.42 Å². The van der Waals surface area contributed by atoms with Gasteiger partial charge in [0.25, 0.3) is 0 Å². The third kappa shape index (κ3) is 6.11. The molecule has 0 saturated heterocycles. The monoisotopic (exact) mass is 366 g/mol. The third-order valence-electron chi connectivity index (χ3n) is 4.41. The maximum Gasteiger partial charge on any atom is 0.520 e. The normalized spacial score (nSPS) is 15.5. The van der Waals surface area contributed by atoms with Crippen molar-refractivity contribution in [1.29, 1.82) is 0 Å². The lowest BCUT2D eigenvalue weighted by atomic mass is 9.96. The first-order valence-corrected chi connectivity index (χ1v) is 9.76. The fourth-order valence-corrected chi connectivity index (χ4v) is 2.89. The number of ether oxygens (including phenoxy) is 1. The van der Waals surface area contributed by atoms with Crippen molar-refractivity contribution in [2.75, 3.05) is 6.61 Å². The molecule has 1 saturated carbocycles. The van der Waals surface area contributed by atoms with Gasteiger partial charge in [-0.2, -0.15) is 4.79 Å². The van der Waals surface area contributed by atoms with Crippen LogP contribution in [-0.4, -0.2) is 29.6 Å². The van der Waals surface area contributed by atoms with Crippen LogP contribution in [0.1, 0.15) is 83.3 Å². The molecule has 1 amide bonds. The zero-order valence-electron chi connectivity index (χ0n) is 16.4.